The number of ether oxygens (including phenoxy) is 2. The summed E-state index contributed by atoms with van der Waals surface area (Å²) in [6.45, 7) is 1.98. The second-order valence-electron chi connectivity index (χ2n) is 7.10. The van der Waals surface area contributed by atoms with Crippen molar-refractivity contribution >= 4 is 52.2 Å². The summed E-state index contributed by atoms with van der Waals surface area (Å²) in [6.07, 6.45) is 1.72. The highest BCUT2D eigenvalue weighted by Crippen LogP contribution is 2.33. The Kier molecular flexibility index (Phi) is 6.82. The Hall–Kier alpha value is -3.55. The standard InChI is InChI=1S/C25H19ClN2O4S/c1-15-6-5-7-17(12-15)27-25-28-23(29)22(33-25)14-16-10-11-20(21(13-16)31-2)32-24(30)18-8-3-4-9-19(18)26/h3-14H,1-2H3,(H,27,28,29)/b22-14-. The lowest BCUT2D eigenvalue weighted by Gasteiger charge is -2.10. The fourth-order valence-corrected chi connectivity index (χ4v) is 4.14. The Morgan fingerprint density at radius 1 is 1.06 bits per heavy atom. The van der Waals surface area contributed by atoms with Crippen LogP contribution in [0.15, 0.2) is 76.6 Å². The predicted octanol–water partition coefficient (Wildman–Crippen LogP) is 5.77. The predicted molar refractivity (Wildman–Crippen MR) is 131 cm³/mol. The van der Waals surface area contributed by atoms with Gasteiger partial charge in [-0.3, -0.25) is 4.79 Å². The number of esters is 1. The van der Waals surface area contributed by atoms with E-state index < -0.39 is 5.97 Å². The third kappa shape index (κ3) is 5.45. The van der Waals surface area contributed by atoms with E-state index in [1.165, 1.54) is 18.9 Å². The molecule has 1 aliphatic rings. The Bertz CT molecular complexity index is 1300. The van der Waals surface area contributed by atoms with E-state index in [0.29, 0.717) is 26.4 Å². The summed E-state index contributed by atoms with van der Waals surface area (Å²) < 4.78 is 10.9. The smallest absolute Gasteiger partial charge is 0.345 e. The van der Waals surface area contributed by atoms with Crippen molar-refractivity contribution in [2.45, 2.75) is 6.92 Å². The summed E-state index contributed by atoms with van der Waals surface area (Å²) in [7, 11) is 1.47. The lowest BCUT2D eigenvalue weighted by molar-refractivity contribution is -0.115. The maximum Gasteiger partial charge on any atom is 0.345 e. The minimum Gasteiger partial charge on any atom is -0.493 e. The van der Waals surface area contributed by atoms with Crippen LogP contribution in [-0.4, -0.2) is 24.2 Å². The molecular formula is C25H19ClN2O4S. The van der Waals surface area contributed by atoms with Crippen LogP contribution in [-0.2, 0) is 4.79 Å². The van der Waals surface area contributed by atoms with Crippen LogP contribution in [0, 0.1) is 6.92 Å². The molecule has 33 heavy (non-hydrogen) atoms. The zero-order chi connectivity index (χ0) is 23.4. The third-order valence-corrected chi connectivity index (χ3v) is 5.90. The lowest BCUT2D eigenvalue weighted by atomic mass is 10.2. The van der Waals surface area contributed by atoms with Crippen molar-refractivity contribution in [1.82, 2.24) is 5.32 Å². The molecule has 0 spiro atoms. The zero-order valence-corrected chi connectivity index (χ0v) is 19.4. The molecule has 1 N–H and O–H groups in total. The molecule has 0 radical (unpaired) electrons. The van der Waals surface area contributed by atoms with Crippen molar-refractivity contribution in [3.05, 3.63) is 93.3 Å². The van der Waals surface area contributed by atoms with Gasteiger partial charge < -0.3 is 14.8 Å². The first-order valence-corrected chi connectivity index (χ1v) is 11.1. The molecule has 0 unspecified atom stereocenters. The number of thioether (sulfide) groups is 1. The highest BCUT2D eigenvalue weighted by molar-refractivity contribution is 8.18. The summed E-state index contributed by atoms with van der Waals surface area (Å²) in [5.41, 5.74) is 2.82. The second-order valence-corrected chi connectivity index (χ2v) is 8.54. The molecule has 0 saturated carbocycles. The Labute approximate surface area is 200 Å². The van der Waals surface area contributed by atoms with Crippen molar-refractivity contribution in [2.24, 2.45) is 4.99 Å². The van der Waals surface area contributed by atoms with Gasteiger partial charge in [0.25, 0.3) is 5.91 Å². The molecule has 0 aromatic heterocycles. The van der Waals surface area contributed by atoms with Gasteiger partial charge in [-0.25, -0.2) is 9.79 Å². The number of halogens is 1. The molecule has 1 saturated heterocycles. The minimum absolute atomic E-state index is 0.236. The second kappa shape index (κ2) is 9.94. The maximum atomic E-state index is 12.5. The van der Waals surface area contributed by atoms with E-state index in [4.69, 9.17) is 21.1 Å². The van der Waals surface area contributed by atoms with Gasteiger partial charge in [0.15, 0.2) is 16.7 Å². The van der Waals surface area contributed by atoms with E-state index in [-0.39, 0.29) is 17.2 Å². The molecule has 3 aromatic rings. The molecule has 0 atom stereocenters. The average Bonchev–Trinajstić information content (AvgIpc) is 3.13. The molecule has 166 valence electrons. The number of amidine groups is 1. The van der Waals surface area contributed by atoms with Gasteiger partial charge in [0, 0.05) is 0 Å². The van der Waals surface area contributed by atoms with Crippen molar-refractivity contribution in [3.8, 4) is 11.5 Å². The van der Waals surface area contributed by atoms with Gasteiger partial charge in [-0.15, -0.1) is 0 Å². The SMILES string of the molecule is COc1cc(/C=C2\SC(=Nc3cccc(C)c3)NC2=O)ccc1OC(=O)c1ccccc1Cl. The number of methoxy groups -OCH3 is 1. The highest BCUT2D eigenvalue weighted by atomic mass is 35.5. The van der Waals surface area contributed by atoms with E-state index in [9.17, 15) is 9.59 Å². The molecule has 3 aromatic carbocycles. The maximum absolute atomic E-state index is 12.5. The quantitative estimate of drug-likeness (QED) is 0.286. The largest absolute Gasteiger partial charge is 0.493 e. The number of benzene rings is 3. The number of aliphatic imine (C=N–C) groups is 1. The van der Waals surface area contributed by atoms with Gasteiger partial charge in [-0.2, -0.15) is 0 Å². The molecule has 4 rings (SSSR count). The topological polar surface area (TPSA) is 77.0 Å². The minimum atomic E-state index is -0.590. The first kappa shape index (κ1) is 22.6. The molecule has 1 amide bonds. The van der Waals surface area contributed by atoms with Gasteiger partial charge in [0.2, 0.25) is 0 Å². The molecule has 1 aliphatic heterocycles. The van der Waals surface area contributed by atoms with Gasteiger partial charge in [0.1, 0.15) is 0 Å². The summed E-state index contributed by atoms with van der Waals surface area (Å²) >= 11 is 7.32. The number of hydrogen-bond acceptors (Lipinski definition) is 6. The molecule has 8 heteroatoms. The van der Waals surface area contributed by atoms with Gasteiger partial charge in [0.05, 0.1) is 28.3 Å². The van der Waals surface area contributed by atoms with Crippen LogP contribution in [0.25, 0.3) is 6.08 Å². The highest BCUT2D eigenvalue weighted by Gasteiger charge is 2.24. The number of aryl methyl sites for hydroxylation is 1. The van der Waals surface area contributed by atoms with Gasteiger partial charge in [-0.1, -0.05) is 41.9 Å². The van der Waals surface area contributed by atoms with E-state index in [2.05, 4.69) is 10.3 Å². The van der Waals surface area contributed by atoms with Crippen molar-refractivity contribution in [2.75, 3.05) is 7.11 Å². The number of nitrogens with one attached hydrogen (secondary N) is 1. The monoisotopic (exact) mass is 478 g/mol. The van der Waals surface area contributed by atoms with Crippen molar-refractivity contribution in [1.29, 1.82) is 0 Å². The fourth-order valence-electron chi connectivity index (χ4n) is 3.09. The normalized spacial score (nSPS) is 15.5. The number of rotatable bonds is 5. The van der Waals surface area contributed by atoms with Crippen LogP contribution in [0.3, 0.4) is 0 Å². The molecule has 1 heterocycles. The first-order valence-electron chi connectivity index (χ1n) is 9.94. The summed E-state index contributed by atoms with van der Waals surface area (Å²) in [6, 6.07) is 19.4. The summed E-state index contributed by atoms with van der Waals surface area (Å²) in [5.74, 6) is -0.232. The number of carbonyl (C=O) groups excluding carboxylic acids is 2. The lowest BCUT2D eigenvalue weighted by Crippen LogP contribution is -2.19. The van der Waals surface area contributed by atoms with E-state index in [0.717, 1.165) is 11.3 Å². The van der Waals surface area contributed by atoms with Crippen LogP contribution in [0.4, 0.5) is 5.69 Å². The van der Waals surface area contributed by atoms with Crippen molar-refractivity contribution in [3.63, 3.8) is 0 Å². The number of hydrogen-bond donors (Lipinski definition) is 1. The van der Waals surface area contributed by atoms with E-state index >= 15 is 0 Å². The third-order valence-electron chi connectivity index (χ3n) is 4.67. The van der Waals surface area contributed by atoms with Crippen LogP contribution in [0.1, 0.15) is 21.5 Å². The molecule has 6 nitrogen and oxygen atoms in total. The van der Waals surface area contributed by atoms with Crippen LogP contribution < -0.4 is 14.8 Å². The van der Waals surface area contributed by atoms with Crippen LogP contribution in [0.2, 0.25) is 5.02 Å². The average molecular weight is 479 g/mol. The van der Waals surface area contributed by atoms with E-state index in [1.54, 1.807) is 48.5 Å². The fraction of sp³-hybridized carbons (Fsp3) is 0.0800. The number of carbonyl (C=O) groups is 2. The first-order chi connectivity index (χ1) is 15.9. The zero-order valence-electron chi connectivity index (χ0n) is 17.8. The van der Waals surface area contributed by atoms with Gasteiger partial charge in [-0.05, 0) is 72.3 Å². The Morgan fingerprint density at radius 3 is 2.64 bits per heavy atom. The Balaban J connectivity index is 1.53. The van der Waals surface area contributed by atoms with Crippen molar-refractivity contribution < 1.29 is 19.1 Å². The number of amides is 1. The molecule has 1 fully saturated rings. The summed E-state index contributed by atoms with van der Waals surface area (Å²) in [5, 5.41) is 3.58. The molecular weight excluding hydrogens is 460 g/mol. The molecule has 0 aliphatic carbocycles. The van der Waals surface area contributed by atoms with E-state index in [1.807, 2.05) is 31.2 Å². The number of nitrogens with zero attached hydrogens (tertiary/aromatic N) is 1. The van der Waals surface area contributed by atoms with Crippen LogP contribution in [0.5, 0.6) is 11.5 Å². The van der Waals surface area contributed by atoms with Crippen LogP contribution >= 0.6 is 23.4 Å². The van der Waals surface area contributed by atoms with Gasteiger partial charge >= 0.3 is 5.97 Å². The summed E-state index contributed by atoms with van der Waals surface area (Å²) in [4.78, 5) is 29.9. The Morgan fingerprint density at radius 2 is 1.88 bits per heavy atom. The molecule has 0 bridgehead atoms.